The lowest BCUT2D eigenvalue weighted by atomic mass is 10.0. The van der Waals surface area contributed by atoms with Crippen molar-refractivity contribution in [2.75, 3.05) is 0 Å². The van der Waals surface area contributed by atoms with Gasteiger partial charge in [-0.2, -0.15) is 9.78 Å². The Morgan fingerprint density at radius 2 is 2.00 bits per heavy atom. The highest BCUT2D eigenvalue weighted by Gasteiger charge is 2.16. The number of nitro benzene ring substituents is 1. The number of aromatic amines is 1. The standard InChI is InChI=1S/C16H13N5O3/c1-9-13(7-11-3-5-12(6-4-11)21(23)24)16(22)20-15(18-9)14(8-17)10(2)19-20/h3-6,19H,7H2,1-2H3. The number of aryl methyl sites for hydroxylation is 2. The highest BCUT2D eigenvalue weighted by molar-refractivity contribution is 5.58. The molecule has 0 unspecified atom stereocenters. The first kappa shape index (κ1) is 15.4. The van der Waals surface area contributed by atoms with Gasteiger partial charge >= 0.3 is 0 Å². The summed E-state index contributed by atoms with van der Waals surface area (Å²) in [7, 11) is 0. The minimum absolute atomic E-state index is 0.000532. The monoisotopic (exact) mass is 323 g/mol. The lowest BCUT2D eigenvalue weighted by Crippen LogP contribution is -2.22. The lowest BCUT2D eigenvalue weighted by Gasteiger charge is -2.06. The molecule has 24 heavy (non-hydrogen) atoms. The number of fused-ring (bicyclic) bond motifs is 1. The molecule has 1 aromatic carbocycles. The summed E-state index contributed by atoms with van der Waals surface area (Å²) in [6, 6.07) is 8.08. The van der Waals surface area contributed by atoms with Crippen molar-refractivity contribution in [2.45, 2.75) is 20.3 Å². The summed E-state index contributed by atoms with van der Waals surface area (Å²) in [5, 5.41) is 22.7. The molecule has 0 amide bonds. The molecule has 0 bridgehead atoms. The first-order valence-corrected chi connectivity index (χ1v) is 7.16. The van der Waals surface area contributed by atoms with Crippen LogP contribution in [0.15, 0.2) is 29.1 Å². The van der Waals surface area contributed by atoms with E-state index in [-0.39, 0.29) is 11.2 Å². The number of nitrogens with one attached hydrogen (secondary N) is 1. The molecular formula is C16H13N5O3. The van der Waals surface area contributed by atoms with Gasteiger partial charge in [-0.1, -0.05) is 12.1 Å². The van der Waals surface area contributed by atoms with Gasteiger partial charge in [0.1, 0.15) is 11.6 Å². The maximum atomic E-state index is 12.7. The van der Waals surface area contributed by atoms with Crippen LogP contribution in [0.2, 0.25) is 0 Å². The molecular weight excluding hydrogens is 310 g/mol. The summed E-state index contributed by atoms with van der Waals surface area (Å²) in [5.74, 6) is 0. The molecule has 8 heteroatoms. The molecule has 3 rings (SSSR count). The van der Waals surface area contributed by atoms with Crippen LogP contribution in [-0.2, 0) is 6.42 Å². The van der Waals surface area contributed by atoms with E-state index in [4.69, 9.17) is 0 Å². The predicted molar refractivity (Wildman–Crippen MR) is 85.9 cm³/mol. The van der Waals surface area contributed by atoms with Gasteiger partial charge in [0.2, 0.25) is 0 Å². The normalized spacial score (nSPS) is 10.7. The highest BCUT2D eigenvalue weighted by Crippen LogP contribution is 2.17. The Balaban J connectivity index is 2.09. The number of benzene rings is 1. The van der Waals surface area contributed by atoms with Crippen molar-refractivity contribution < 1.29 is 4.92 Å². The van der Waals surface area contributed by atoms with Crippen molar-refractivity contribution in [2.24, 2.45) is 0 Å². The molecule has 0 aliphatic heterocycles. The highest BCUT2D eigenvalue weighted by atomic mass is 16.6. The number of H-pyrrole nitrogens is 1. The van der Waals surface area contributed by atoms with E-state index < -0.39 is 4.92 Å². The van der Waals surface area contributed by atoms with E-state index in [0.29, 0.717) is 34.6 Å². The fourth-order valence-corrected chi connectivity index (χ4v) is 2.60. The number of hydrogen-bond acceptors (Lipinski definition) is 5. The van der Waals surface area contributed by atoms with Crippen molar-refractivity contribution in [1.82, 2.24) is 14.6 Å². The van der Waals surface area contributed by atoms with Crippen molar-refractivity contribution in [1.29, 1.82) is 5.26 Å². The van der Waals surface area contributed by atoms with Crippen LogP contribution in [-0.4, -0.2) is 19.5 Å². The molecule has 3 aromatic rings. The fourth-order valence-electron chi connectivity index (χ4n) is 2.60. The molecule has 0 aliphatic carbocycles. The van der Waals surface area contributed by atoms with Crippen LogP contribution in [0.3, 0.4) is 0 Å². The minimum Gasteiger partial charge on any atom is -0.293 e. The second kappa shape index (κ2) is 5.62. The summed E-state index contributed by atoms with van der Waals surface area (Å²) in [6.07, 6.45) is 0.304. The number of aromatic nitrogens is 3. The first-order chi connectivity index (χ1) is 11.4. The predicted octanol–water partition coefficient (Wildman–Crippen LogP) is 2.01. The number of nitriles is 1. The van der Waals surface area contributed by atoms with Crippen LogP contribution in [0.1, 0.15) is 28.1 Å². The molecule has 8 nitrogen and oxygen atoms in total. The Kier molecular flexibility index (Phi) is 3.62. The Morgan fingerprint density at radius 3 is 2.58 bits per heavy atom. The average Bonchev–Trinajstić information content (AvgIpc) is 2.87. The average molecular weight is 323 g/mol. The van der Waals surface area contributed by atoms with E-state index in [9.17, 15) is 20.2 Å². The molecule has 0 aliphatic rings. The lowest BCUT2D eigenvalue weighted by molar-refractivity contribution is -0.384. The van der Waals surface area contributed by atoms with E-state index in [1.165, 1.54) is 16.6 Å². The van der Waals surface area contributed by atoms with Gasteiger partial charge in [0.05, 0.1) is 10.6 Å². The van der Waals surface area contributed by atoms with Crippen LogP contribution >= 0.6 is 0 Å². The number of rotatable bonds is 3. The number of nitrogens with zero attached hydrogens (tertiary/aromatic N) is 4. The molecule has 0 atom stereocenters. The third-order valence-electron chi connectivity index (χ3n) is 3.90. The first-order valence-electron chi connectivity index (χ1n) is 7.16. The summed E-state index contributed by atoms with van der Waals surface area (Å²) >= 11 is 0. The van der Waals surface area contributed by atoms with Gasteiger partial charge in [-0.3, -0.25) is 20.0 Å². The summed E-state index contributed by atoms with van der Waals surface area (Å²) in [4.78, 5) is 27.3. The quantitative estimate of drug-likeness (QED) is 0.584. The molecule has 0 fully saturated rings. The van der Waals surface area contributed by atoms with Gasteiger partial charge in [-0.15, -0.1) is 0 Å². The summed E-state index contributed by atoms with van der Waals surface area (Å²) in [5.41, 5.74) is 2.74. The number of nitro groups is 1. The molecule has 2 heterocycles. The minimum atomic E-state index is -0.470. The fraction of sp³-hybridized carbons (Fsp3) is 0.188. The van der Waals surface area contributed by atoms with E-state index in [1.807, 2.05) is 6.07 Å². The molecule has 1 N–H and O–H groups in total. The van der Waals surface area contributed by atoms with Crippen molar-refractivity contribution in [3.63, 3.8) is 0 Å². The molecule has 0 saturated carbocycles. The van der Waals surface area contributed by atoms with Gasteiger partial charge in [0.15, 0.2) is 5.65 Å². The smallest absolute Gasteiger partial charge is 0.276 e. The Bertz CT molecular complexity index is 1050. The molecule has 0 spiro atoms. The van der Waals surface area contributed by atoms with Gasteiger partial charge in [0, 0.05) is 29.8 Å². The maximum Gasteiger partial charge on any atom is 0.276 e. The zero-order valence-corrected chi connectivity index (χ0v) is 13.0. The van der Waals surface area contributed by atoms with Crippen LogP contribution < -0.4 is 5.56 Å². The third-order valence-corrected chi connectivity index (χ3v) is 3.90. The van der Waals surface area contributed by atoms with Gasteiger partial charge < -0.3 is 0 Å². The van der Waals surface area contributed by atoms with Gasteiger partial charge in [0.25, 0.3) is 11.2 Å². The maximum absolute atomic E-state index is 12.7. The summed E-state index contributed by atoms with van der Waals surface area (Å²) in [6.45, 7) is 3.42. The number of non-ortho nitro benzene ring substituents is 1. The second-order valence-corrected chi connectivity index (χ2v) is 5.46. The Labute approximate surface area is 136 Å². The van der Waals surface area contributed by atoms with Crippen molar-refractivity contribution >= 4 is 11.3 Å². The number of hydrogen-bond donors (Lipinski definition) is 1. The SMILES string of the molecule is Cc1nc2c(C#N)c(C)[nH]n2c(=O)c1Cc1ccc([N+](=O)[O-])cc1. The molecule has 120 valence electrons. The van der Waals surface area contributed by atoms with E-state index in [2.05, 4.69) is 10.1 Å². The topological polar surface area (TPSA) is 117 Å². The molecule has 0 saturated heterocycles. The molecule has 2 aromatic heterocycles. The summed E-state index contributed by atoms with van der Waals surface area (Å²) < 4.78 is 1.27. The zero-order valence-electron chi connectivity index (χ0n) is 13.0. The van der Waals surface area contributed by atoms with Crippen LogP contribution in [0.5, 0.6) is 0 Å². The van der Waals surface area contributed by atoms with Gasteiger partial charge in [-0.25, -0.2) is 4.98 Å². The van der Waals surface area contributed by atoms with Gasteiger partial charge in [-0.05, 0) is 19.4 Å². The second-order valence-electron chi connectivity index (χ2n) is 5.46. The van der Waals surface area contributed by atoms with Crippen LogP contribution in [0, 0.1) is 35.3 Å². The Morgan fingerprint density at radius 1 is 1.33 bits per heavy atom. The van der Waals surface area contributed by atoms with E-state index in [1.54, 1.807) is 26.0 Å². The third kappa shape index (κ3) is 2.42. The van der Waals surface area contributed by atoms with Crippen molar-refractivity contribution in [3.05, 3.63) is 72.8 Å². The van der Waals surface area contributed by atoms with Crippen LogP contribution in [0.25, 0.3) is 5.65 Å². The molecule has 0 radical (unpaired) electrons. The Hall–Kier alpha value is -3.47. The van der Waals surface area contributed by atoms with E-state index >= 15 is 0 Å². The largest absolute Gasteiger partial charge is 0.293 e. The zero-order chi connectivity index (χ0) is 17.4. The van der Waals surface area contributed by atoms with Crippen LogP contribution in [0.4, 0.5) is 5.69 Å². The van der Waals surface area contributed by atoms with E-state index in [0.717, 1.165) is 5.56 Å². The van der Waals surface area contributed by atoms with Crippen molar-refractivity contribution in [3.8, 4) is 6.07 Å².